The highest BCUT2D eigenvalue weighted by Crippen LogP contribution is 2.17. The second kappa shape index (κ2) is 7.80. The maximum absolute atomic E-state index is 5.98. The summed E-state index contributed by atoms with van der Waals surface area (Å²) < 4.78 is 5.27. The fourth-order valence-corrected chi connectivity index (χ4v) is 2.88. The third kappa shape index (κ3) is 4.58. The van der Waals surface area contributed by atoms with E-state index < -0.39 is 0 Å². The van der Waals surface area contributed by atoms with Crippen LogP contribution in [0.15, 0.2) is 27.8 Å². The fraction of sp³-hybridized carbons (Fsp3) is 0.562. The van der Waals surface area contributed by atoms with E-state index >= 15 is 0 Å². The average Bonchev–Trinajstić information content (AvgIpc) is 3.16. The second-order valence-corrected chi connectivity index (χ2v) is 5.93. The van der Waals surface area contributed by atoms with Crippen LogP contribution in [0.25, 0.3) is 11.6 Å². The summed E-state index contributed by atoms with van der Waals surface area (Å²) in [7, 11) is 0. The van der Waals surface area contributed by atoms with Crippen LogP contribution in [-0.4, -0.2) is 33.7 Å². The van der Waals surface area contributed by atoms with Crippen molar-refractivity contribution in [2.24, 2.45) is 10.7 Å². The fourth-order valence-electron chi connectivity index (χ4n) is 2.88. The Bertz CT molecular complexity index is 610. The lowest BCUT2D eigenvalue weighted by molar-refractivity contribution is 0.530. The zero-order chi connectivity index (χ0) is 15.9. The largest absolute Gasteiger partial charge is 0.461 e. The van der Waals surface area contributed by atoms with Crippen molar-refractivity contribution in [2.45, 2.75) is 51.0 Å². The van der Waals surface area contributed by atoms with Gasteiger partial charge in [-0.3, -0.25) is 10.1 Å². The predicted octanol–water partition coefficient (Wildman–Crippen LogP) is 2.23. The molecule has 1 saturated carbocycles. The number of rotatable bonds is 5. The lowest BCUT2D eigenvalue weighted by atomic mass is 10.1. The topological polar surface area (TPSA) is 105 Å². The van der Waals surface area contributed by atoms with Gasteiger partial charge < -0.3 is 15.5 Å². The minimum Gasteiger partial charge on any atom is -0.461 e. The highest BCUT2D eigenvalue weighted by Gasteiger charge is 2.12. The Balaban J connectivity index is 1.46. The summed E-state index contributed by atoms with van der Waals surface area (Å²) in [5.41, 5.74) is 5.98. The van der Waals surface area contributed by atoms with Crippen LogP contribution in [0, 0.1) is 0 Å². The smallest absolute Gasteiger partial charge is 0.216 e. The van der Waals surface area contributed by atoms with Crippen LogP contribution < -0.4 is 11.1 Å². The van der Waals surface area contributed by atoms with E-state index in [0.29, 0.717) is 36.6 Å². The van der Waals surface area contributed by atoms with Crippen molar-refractivity contribution in [1.29, 1.82) is 0 Å². The third-order valence-electron chi connectivity index (χ3n) is 4.11. The molecule has 2 aromatic rings. The number of hydrogen-bond acceptors (Lipinski definition) is 4. The normalized spacial score (nSPS) is 17.1. The Morgan fingerprint density at radius 1 is 1.35 bits per heavy atom. The maximum atomic E-state index is 5.98. The molecule has 23 heavy (non-hydrogen) atoms. The highest BCUT2D eigenvalue weighted by molar-refractivity contribution is 5.78. The molecule has 4 N–H and O–H groups in total. The first-order valence-corrected chi connectivity index (χ1v) is 8.33. The van der Waals surface area contributed by atoms with Gasteiger partial charge in [0.2, 0.25) is 5.82 Å². The Morgan fingerprint density at radius 2 is 2.17 bits per heavy atom. The molecule has 124 valence electrons. The molecule has 2 aromatic heterocycles. The first-order valence-electron chi connectivity index (χ1n) is 8.33. The van der Waals surface area contributed by atoms with Crippen LogP contribution in [-0.2, 0) is 6.42 Å². The zero-order valence-corrected chi connectivity index (χ0v) is 13.3. The molecule has 0 aromatic carbocycles. The molecule has 0 radical (unpaired) electrons. The second-order valence-electron chi connectivity index (χ2n) is 5.93. The molecule has 1 fully saturated rings. The SMILES string of the molecule is NC(=NCCc1nc(-c2ccco2)n[nH]1)NC1CCCCCC1. The Morgan fingerprint density at radius 3 is 2.91 bits per heavy atom. The Labute approximate surface area is 135 Å². The molecule has 0 atom stereocenters. The molecule has 7 heteroatoms. The number of guanidine groups is 1. The summed E-state index contributed by atoms with van der Waals surface area (Å²) >= 11 is 0. The number of furan rings is 1. The number of hydrogen-bond donors (Lipinski definition) is 3. The van der Waals surface area contributed by atoms with Crippen LogP contribution in [0.3, 0.4) is 0 Å². The van der Waals surface area contributed by atoms with Gasteiger partial charge in [0.1, 0.15) is 5.82 Å². The van der Waals surface area contributed by atoms with E-state index in [1.54, 1.807) is 6.26 Å². The van der Waals surface area contributed by atoms with E-state index in [0.717, 1.165) is 5.82 Å². The molecule has 0 unspecified atom stereocenters. The molecule has 1 aliphatic carbocycles. The number of aromatic nitrogens is 3. The highest BCUT2D eigenvalue weighted by atomic mass is 16.3. The van der Waals surface area contributed by atoms with Crippen molar-refractivity contribution >= 4 is 5.96 Å². The van der Waals surface area contributed by atoms with Crippen LogP contribution in [0.2, 0.25) is 0 Å². The van der Waals surface area contributed by atoms with Crippen molar-refractivity contribution in [1.82, 2.24) is 20.5 Å². The minimum atomic E-state index is 0.470. The Hall–Kier alpha value is -2.31. The molecule has 0 aliphatic heterocycles. The van der Waals surface area contributed by atoms with Crippen molar-refractivity contribution in [2.75, 3.05) is 6.54 Å². The average molecular weight is 316 g/mol. The van der Waals surface area contributed by atoms with Crippen LogP contribution in [0.4, 0.5) is 0 Å². The van der Waals surface area contributed by atoms with Gasteiger partial charge in [0.05, 0.1) is 6.26 Å². The number of nitrogens with one attached hydrogen (secondary N) is 2. The number of nitrogens with zero attached hydrogens (tertiary/aromatic N) is 3. The van der Waals surface area contributed by atoms with Crippen LogP contribution >= 0.6 is 0 Å². The van der Waals surface area contributed by atoms with Crippen molar-refractivity contribution in [3.63, 3.8) is 0 Å². The summed E-state index contributed by atoms with van der Waals surface area (Å²) in [5.74, 6) is 2.54. The molecule has 0 amide bonds. The maximum Gasteiger partial charge on any atom is 0.216 e. The Kier molecular flexibility index (Phi) is 5.29. The summed E-state index contributed by atoms with van der Waals surface area (Å²) in [5, 5.41) is 10.4. The van der Waals surface area contributed by atoms with E-state index in [1.165, 1.54) is 38.5 Å². The molecule has 3 rings (SSSR count). The van der Waals surface area contributed by atoms with Crippen molar-refractivity contribution in [3.8, 4) is 11.6 Å². The van der Waals surface area contributed by atoms with Crippen molar-refractivity contribution < 1.29 is 4.42 Å². The summed E-state index contributed by atoms with van der Waals surface area (Å²) in [6, 6.07) is 4.12. The molecule has 0 saturated heterocycles. The molecule has 0 bridgehead atoms. The zero-order valence-electron chi connectivity index (χ0n) is 13.3. The van der Waals surface area contributed by atoms with Crippen LogP contribution in [0.5, 0.6) is 0 Å². The van der Waals surface area contributed by atoms with Crippen LogP contribution in [0.1, 0.15) is 44.3 Å². The molecule has 1 aliphatic rings. The number of nitrogens with two attached hydrogens (primary N) is 1. The first-order chi connectivity index (χ1) is 11.3. The van der Waals surface area contributed by atoms with Gasteiger partial charge in [-0.05, 0) is 25.0 Å². The number of aliphatic imine (C=N–C) groups is 1. The number of H-pyrrole nitrogens is 1. The summed E-state index contributed by atoms with van der Waals surface area (Å²) in [4.78, 5) is 8.77. The first kappa shape index (κ1) is 15.6. The lowest BCUT2D eigenvalue weighted by Crippen LogP contribution is -2.40. The van der Waals surface area contributed by atoms with Gasteiger partial charge in [-0.15, -0.1) is 0 Å². The minimum absolute atomic E-state index is 0.470. The van der Waals surface area contributed by atoms with Gasteiger partial charge in [0, 0.05) is 19.0 Å². The molecular weight excluding hydrogens is 292 g/mol. The molecule has 2 heterocycles. The standard InChI is InChI=1S/C16H24N6O/c17-16(19-12-6-3-1-2-4-7-12)18-10-9-14-20-15(22-21-14)13-8-5-11-23-13/h5,8,11-12H,1-4,6-7,9-10H2,(H3,17,18,19)(H,20,21,22). The summed E-state index contributed by atoms with van der Waals surface area (Å²) in [6.45, 7) is 0.582. The number of aromatic amines is 1. The van der Waals surface area contributed by atoms with E-state index in [2.05, 4.69) is 25.5 Å². The molecule has 0 spiro atoms. The lowest BCUT2D eigenvalue weighted by Gasteiger charge is -2.16. The van der Waals surface area contributed by atoms with Crippen molar-refractivity contribution in [3.05, 3.63) is 24.2 Å². The van der Waals surface area contributed by atoms with Gasteiger partial charge in [-0.2, -0.15) is 5.10 Å². The van der Waals surface area contributed by atoms with E-state index in [-0.39, 0.29) is 0 Å². The van der Waals surface area contributed by atoms with Gasteiger partial charge in [-0.1, -0.05) is 25.7 Å². The molecule has 7 nitrogen and oxygen atoms in total. The summed E-state index contributed by atoms with van der Waals surface area (Å²) in [6.07, 6.45) is 9.86. The quantitative estimate of drug-likeness (QED) is 0.446. The molecular formula is C16H24N6O. The van der Waals surface area contributed by atoms with Gasteiger partial charge in [0.25, 0.3) is 0 Å². The van der Waals surface area contributed by atoms with Gasteiger partial charge in [-0.25, -0.2) is 4.98 Å². The third-order valence-corrected chi connectivity index (χ3v) is 4.11. The van der Waals surface area contributed by atoms with E-state index in [9.17, 15) is 0 Å². The van der Waals surface area contributed by atoms with Gasteiger partial charge in [0.15, 0.2) is 11.7 Å². The monoisotopic (exact) mass is 316 g/mol. The predicted molar refractivity (Wildman–Crippen MR) is 88.9 cm³/mol. The van der Waals surface area contributed by atoms with E-state index in [4.69, 9.17) is 10.2 Å². The van der Waals surface area contributed by atoms with E-state index in [1.807, 2.05) is 12.1 Å². The van der Waals surface area contributed by atoms with Gasteiger partial charge >= 0.3 is 0 Å².